The molecule has 0 saturated carbocycles. The largest absolute Gasteiger partial charge is 0.350 e. The zero-order chi connectivity index (χ0) is 15.4. The first-order valence-corrected chi connectivity index (χ1v) is 8.08. The van der Waals surface area contributed by atoms with E-state index >= 15 is 0 Å². The van der Waals surface area contributed by atoms with Gasteiger partial charge in [0.25, 0.3) is 0 Å². The van der Waals surface area contributed by atoms with Crippen LogP contribution in [-0.2, 0) is 11.2 Å². The molecule has 0 bridgehead atoms. The van der Waals surface area contributed by atoms with Crippen LogP contribution in [-0.4, -0.2) is 15.9 Å². The lowest BCUT2D eigenvalue weighted by Crippen LogP contribution is -2.26. The number of rotatable bonds is 5. The number of nitrogens with zero attached hydrogens (tertiary/aromatic N) is 2. The molecule has 0 fully saturated rings. The summed E-state index contributed by atoms with van der Waals surface area (Å²) >= 11 is 1.65. The molecule has 3 aromatic rings. The summed E-state index contributed by atoms with van der Waals surface area (Å²) in [7, 11) is 0. The SMILES string of the molecule is CC(NC(=O)CCc1nc2ccccc2s1)c1cccnc1. The lowest BCUT2D eigenvalue weighted by Gasteiger charge is -2.13. The second kappa shape index (κ2) is 6.66. The number of para-hydroxylation sites is 1. The molecule has 4 nitrogen and oxygen atoms in total. The summed E-state index contributed by atoms with van der Waals surface area (Å²) in [6.07, 6.45) is 4.62. The van der Waals surface area contributed by atoms with Gasteiger partial charge >= 0.3 is 0 Å². The van der Waals surface area contributed by atoms with E-state index in [1.165, 1.54) is 4.70 Å². The summed E-state index contributed by atoms with van der Waals surface area (Å²) in [4.78, 5) is 20.7. The van der Waals surface area contributed by atoms with Crippen LogP contribution in [0.25, 0.3) is 10.2 Å². The van der Waals surface area contributed by atoms with Crippen LogP contribution in [0.4, 0.5) is 0 Å². The van der Waals surface area contributed by atoms with Gasteiger partial charge in [-0.25, -0.2) is 4.98 Å². The van der Waals surface area contributed by atoms with Gasteiger partial charge in [0.1, 0.15) is 0 Å². The molecule has 2 aromatic heterocycles. The van der Waals surface area contributed by atoms with E-state index in [0.717, 1.165) is 16.1 Å². The Morgan fingerprint density at radius 2 is 2.14 bits per heavy atom. The lowest BCUT2D eigenvalue weighted by molar-refractivity contribution is -0.121. The van der Waals surface area contributed by atoms with Crippen molar-refractivity contribution in [1.29, 1.82) is 0 Å². The Kier molecular flexibility index (Phi) is 4.44. The number of hydrogen-bond acceptors (Lipinski definition) is 4. The highest BCUT2D eigenvalue weighted by atomic mass is 32.1. The van der Waals surface area contributed by atoms with Crippen molar-refractivity contribution in [1.82, 2.24) is 15.3 Å². The van der Waals surface area contributed by atoms with Gasteiger partial charge in [-0.05, 0) is 30.7 Å². The summed E-state index contributed by atoms with van der Waals surface area (Å²) in [5.74, 6) is 0.0376. The predicted molar refractivity (Wildman–Crippen MR) is 88.7 cm³/mol. The quantitative estimate of drug-likeness (QED) is 0.784. The normalized spacial score (nSPS) is 12.2. The minimum absolute atomic E-state index is 0.0310. The topological polar surface area (TPSA) is 54.9 Å². The van der Waals surface area contributed by atoms with Gasteiger partial charge in [-0.15, -0.1) is 11.3 Å². The van der Waals surface area contributed by atoms with Gasteiger partial charge in [0.05, 0.1) is 21.3 Å². The molecule has 0 aliphatic heterocycles. The average Bonchev–Trinajstić information content (AvgIpc) is 2.96. The highest BCUT2D eigenvalue weighted by Gasteiger charge is 2.11. The standard InChI is InChI=1S/C17H17N3OS/c1-12(13-5-4-10-18-11-13)19-16(21)8-9-17-20-14-6-2-3-7-15(14)22-17/h2-7,10-12H,8-9H2,1H3,(H,19,21). The van der Waals surface area contributed by atoms with Gasteiger partial charge in [0, 0.05) is 25.2 Å². The molecular weight excluding hydrogens is 294 g/mol. The molecule has 0 aliphatic rings. The van der Waals surface area contributed by atoms with Crippen molar-refractivity contribution in [2.45, 2.75) is 25.8 Å². The van der Waals surface area contributed by atoms with Crippen molar-refractivity contribution in [2.75, 3.05) is 0 Å². The molecule has 22 heavy (non-hydrogen) atoms. The van der Waals surface area contributed by atoms with Crippen LogP contribution < -0.4 is 5.32 Å². The third-order valence-electron chi connectivity index (χ3n) is 3.47. The van der Waals surface area contributed by atoms with Gasteiger partial charge in [0.2, 0.25) is 5.91 Å². The number of aryl methyl sites for hydroxylation is 1. The van der Waals surface area contributed by atoms with Crippen LogP contribution >= 0.6 is 11.3 Å². The van der Waals surface area contributed by atoms with Crippen molar-refractivity contribution in [3.8, 4) is 0 Å². The van der Waals surface area contributed by atoms with Crippen molar-refractivity contribution < 1.29 is 4.79 Å². The minimum atomic E-state index is -0.0310. The molecule has 1 amide bonds. The fourth-order valence-electron chi connectivity index (χ4n) is 2.28. The molecule has 0 saturated heterocycles. The van der Waals surface area contributed by atoms with Gasteiger partial charge in [0.15, 0.2) is 0 Å². The van der Waals surface area contributed by atoms with E-state index in [4.69, 9.17) is 0 Å². The molecule has 0 spiro atoms. The summed E-state index contributed by atoms with van der Waals surface area (Å²) in [6, 6.07) is 11.9. The fourth-order valence-corrected chi connectivity index (χ4v) is 3.24. The van der Waals surface area contributed by atoms with E-state index in [2.05, 4.69) is 21.4 Å². The maximum absolute atomic E-state index is 12.1. The zero-order valence-electron chi connectivity index (χ0n) is 12.3. The van der Waals surface area contributed by atoms with E-state index in [1.807, 2.05) is 37.3 Å². The summed E-state index contributed by atoms with van der Waals surface area (Å²) in [6.45, 7) is 1.96. The first kappa shape index (κ1) is 14.7. The zero-order valence-corrected chi connectivity index (χ0v) is 13.1. The monoisotopic (exact) mass is 311 g/mol. The molecule has 0 aliphatic carbocycles. The second-order valence-electron chi connectivity index (χ2n) is 5.15. The van der Waals surface area contributed by atoms with Crippen molar-refractivity contribution >= 4 is 27.5 Å². The highest BCUT2D eigenvalue weighted by Crippen LogP contribution is 2.22. The summed E-state index contributed by atoms with van der Waals surface area (Å²) in [5, 5.41) is 4.00. The van der Waals surface area contributed by atoms with Gasteiger partial charge in [-0.2, -0.15) is 0 Å². The van der Waals surface area contributed by atoms with Crippen LogP contribution in [0.1, 0.15) is 30.0 Å². The maximum atomic E-state index is 12.1. The second-order valence-corrected chi connectivity index (χ2v) is 6.27. The van der Waals surface area contributed by atoms with Crippen LogP contribution in [0, 0.1) is 0 Å². The molecule has 1 atom stereocenters. The Bertz CT molecular complexity index is 737. The predicted octanol–water partition coefficient (Wildman–Crippen LogP) is 3.50. The number of fused-ring (bicyclic) bond motifs is 1. The molecule has 2 heterocycles. The van der Waals surface area contributed by atoms with E-state index < -0.39 is 0 Å². The molecule has 1 aromatic carbocycles. The van der Waals surface area contributed by atoms with E-state index in [-0.39, 0.29) is 11.9 Å². The summed E-state index contributed by atoms with van der Waals surface area (Å²) in [5.41, 5.74) is 2.02. The summed E-state index contributed by atoms with van der Waals surface area (Å²) < 4.78 is 1.17. The Hall–Kier alpha value is -2.27. The van der Waals surface area contributed by atoms with Crippen LogP contribution in [0.2, 0.25) is 0 Å². The molecular formula is C17H17N3OS. The van der Waals surface area contributed by atoms with Crippen LogP contribution in [0.3, 0.4) is 0 Å². The third-order valence-corrected chi connectivity index (χ3v) is 4.56. The first-order chi connectivity index (χ1) is 10.7. The Morgan fingerprint density at radius 1 is 1.27 bits per heavy atom. The minimum Gasteiger partial charge on any atom is -0.350 e. The number of nitrogens with one attached hydrogen (secondary N) is 1. The molecule has 1 N–H and O–H groups in total. The lowest BCUT2D eigenvalue weighted by atomic mass is 10.1. The number of amides is 1. The Morgan fingerprint density at radius 3 is 2.91 bits per heavy atom. The maximum Gasteiger partial charge on any atom is 0.220 e. The average molecular weight is 311 g/mol. The van der Waals surface area contributed by atoms with Gasteiger partial charge in [-0.3, -0.25) is 9.78 Å². The molecule has 5 heteroatoms. The van der Waals surface area contributed by atoms with E-state index in [9.17, 15) is 4.79 Å². The number of carbonyl (C=O) groups is 1. The molecule has 3 rings (SSSR count). The highest BCUT2D eigenvalue weighted by molar-refractivity contribution is 7.18. The third kappa shape index (κ3) is 3.49. The van der Waals surface area contributed by atoms with E-state index in [0.29, 0.717) is 12.8 Å². The molecule has 112 valence electrons. The number of carbonyl (C=O) groups excluding carboxylic acids is 1. The van der Waals surface area contributed by atoms with Crippen LogP contribution in [0.5, 0.6) is 0 Å². The van der Waals surface area contributed by atoms with Gasteiger partial charge in [-0.1, -0.05) is 18.2 Å². The molecule has 1 unspecified atom stereocenters. The van der Waals surface area contributed by atoms with Crippen LogP contribution in [0.15, 0.2) is 48.8 Å². The Balaban J connectivity index is 1.56. The van der Waals surface area contributed by atoms with Crippen molar-refractivity contribution in [3.63, 3.8) is 0 Å². The smallest absolute Gasteiger partial charge is 0.220 e. The first-order valence-electron chi connectivity index (χ1n) is 7.26. The number of hydrogen-bond donors (Lipinski definition) is 1. The number of thiazole rings is 1. The fraction of sp³-hybridized carbons (Fsp3) is 0.235. The molecule has 0 radical (unpaired) electrons. The Labute approximate surface area is 133 Å². The van der Waals surface area contributed by atoms with Gasteiger partial charge < -0.3 is 5.32 Å². The number of aromatic nitrogens is 2. The van der Waals surface area contributed by atoms with E-state index in [1.54, 1.807) is 23.7 Å². The number of benzene rings is 1. The van der Waals surface area contributed by atoms with Crippen molar-refractivity contribution in [3.05, 3.63) is 59.4 Å². The number of pyridine rings is 1. The van der Waals surface area contributed by atoms with Crippen molar-refractivity contribution in [2.24, 2.45) is 0 Å².